The Morgan fingerprint density at radius 2 is 2.22 bits per heavy atom. The first-order valence-electron chi connectivity index (χ1n) is 6.06. The summed E-state index contributed by atoms with van der Waals surface area (Å²) < 4.78 is 1.13. The number of thiophene rings is 1. The van der Waals surface area contributed by atoms with Crippen LogP contribution in [-0.2, 0) is 10.2 Å². The number of carbonyl (C=O) groups is 1. The van der Waals surface area contributed by atoms with E-state index in [2.05, 4.69) is 41.2 Å². The van der Waals surface area contributed by atoms with Crippen LogP contribution in [0.3, 0.4) is 0 Å². The molecular formula is C13H20BrNO2S. The molecule has 0 amide bonds. The first-order valence-corrected chi connectivity index (χ1v) is 7.67. The molecule has 1 unspecified atom stereocenters. The molecule has 0 bridgehead atoms. The topological polar surface area (TPSA) is 49.3 Å². The molecule has 5 heteroatoms. The Morgan fingerprint density at radius 1 is 1.56 bits per heavy atom. The summed E-state index contributed by atoms with van der Waals surface area (Å²) in [7, 11) is 0. The third-order valence-electron chi connectivity index (χ3n) is 3.04. The van der Waals surface area contributed by atoms with Crippen molar-refractivity contribution in [2.75, 3.05) is 13.1 Å². The Morgan fingerprint density at radius 3 is 2.67 bits per heavy atom. The second-order valence-corrected chi connectivity index (χ2v) is 7.52. The predicted molar refractivity (Wildman–Crippen MR) is 79.3 cm³/mol. The molecule has 0 fully saturated rings. The maximum atomic E-state index is 10.9. The van der Waals surface area contributed by atoms with Gasteiger partial charge in [0.05, 0.1) is 9.70 Å². The number of carboxylic acids is 1. The second kappa shape index (κ2) is 6.68. The zero-order chi connectivity index (χ0) is 13.8. The summed E-state index contributed by atoms with van der Waals surface area (Å²) in [6.45, 7) is 7.55. The summed E-state index contributed by atoms with van der Waals surface area (Å²) in [6, 6.07) is 4.17. The predicted octanol–water partition coefficient (Wildman–Crippen LogP) is 3.49. The van der Waals surface area contributed by atoms with Crippen LogP contribution in [0.25, 0.3) is 0 Å². The number of halogens is 1. The van der Waals surface area contributed by atoms with Gasteiger partial charge in [0.25, 0.3) is 0 Å². The first kappa shape index (κ1) is 15.7. The van der Waals surface area contributed by atoms with Gasteiger partial charge in [0.15, 0.2) is 0 Å². The van der Waals surface area contributed by atoms with Crippen LogP contribution in [-0.4, -0.2) is 24.2 Å². The van der Waals surface area contributed by atoms with Gasteiger partial charge in [-0.25, -0.2) is 0 Å². The fraction of sp³-hybridized carbons (Fsp3) is 0.615. The highest BCUT2D eigenvalue weighted by atomic mass is 79.9. The van der Waals surface area contributed by atoms with E-state index < -0.39 is 5.97 Å². The first-order chi connectivity index (χ1) is 8.36. The van der Waals surface area contributed by atoms with Crippen LogP contribution < -0.4 is 5.32 Å². The lowest BCUT2D eigenvalue weighted by Crippen LogP contribution is -2.36. The van der Waals surface area contributed by atoms with Crippen molar-refractivity contribution in [1.29, 1.82) is 0 Å². The molecule has 0 aliphatic carbocycles. The second-order valence-electron chi connectivity index (χ2n) is 5.06. The van der Waals surface area contributed by atoms with Crippen LogP contribution in [0.2, 0.25) is 0 Å². The van der Waals surface area contributed by atoms with Gasteiger partial charge in [-0.15, -0.1) is 11.3 Å². The smallest absolute Gasteiger partial charge is 0.307 e. The van der Waals surface area contributed by atoms with Crippen molar-refractivity contribution in [3.8, 4) is 0 Å². The Bertz CT molecular complexity index is 403. The van der Waals surface area contributed by atoms with E-state index in [1.54, 1.807) is 11.3 Å². The Labute approximate surface area is 121 Å². The van der Waals surface area contributed by atoms with E-state index in [-0.39, 0.29) is 11.3 Å². The van der Waals surface area contributed by atoms with Gasteiger partial charge in [-0.05, 0) is 34.5 Å². The lowest BCUT2D eigenvalue weighted by atomic mass is 9.91. The molecule has 0 aliphatic heterocycles. The Balaban J connectivity index is 2.49. The van der Waals surface area contributed by atoms with Crippen molar-refractivity contribution in [3.05, 3.63) is 20.8 Å². The highest BCUT2D eigenvalue weighted by molar-refractivity contribution is 9.11. The molecular weight excluding hydrogens is 314 g/mol. The number of carboxylic acid groups (broad SMARTS) is 1. The molecule has 1 heterocycles. The van der Waals surface area contributed by atoms with Crippen molar-refractivity contribution in [3.63, 3.8) is 0 Å². The van der Waals surface area contributed by atoms with E-state index in [0.29, 0.717) is 13.0 Å². The summed E-state index contributed by atoms with van der Waals surface area (Å²) in [5, 5.41) is 12.3. The van der Waals surface area contributed by atoms with Crippen LogP contribution in [0.5, 0.6) is 0 Å². The molecule has 0 aromatic carbocycles. The highest BCUT2D eigenvalue weighted by Crippen LogP contribution is 2.32. The monoisotopic (exact) mass is 333 g/mol. The largest absolute Gasteiger partial charge is 0.481 e. The van der Waals surface area contributed by atoms with Gasteiger partial charge in [0, 0.05) is 23.4 Å². The Hall–Kier alpha value is -0.390. The van der Waals surface area contributed by atoms with E-state index >= 15 is 0 Å². The highest BCUT2D eigenvalue weighted by Gasteiger charge is 2.23. The lowest BCUT2D eigenvalue weighted by Gasteiger charge is -2.24. The van der Waals surface area contributed by atoms with Gasteiger partial charge < -0.3 is 10.4 Å². The number of aliphatic carboxylic acids is 1. The fourth-order valence-electron chi connectivity index (χ4n) is 1.73. The zero-order valence-electron chi connectivity index (χ0n) is 11.0. The van der Waals surface area contributed by atoms with Crippen LogP contribution in [0.4, 0.5) is 0 Å². The molecule has 18 heavy (non-hydrogen) atoms. The summed E-state index contributed by atoms with van der Waals surface area (Å²) in [6.07, 6.45) is 0.660. The third kappa shape index (κ3) is 4.37. The molecule has 0 saturated heterocycles. The van der Waals surface area contributed by atoms with Crippen molar-refractivity contribution in [1.82, 2.24) is 5.32 Å². The quantitative estimate of drug-likeness (QED) is 0.802. The minimum Gasteiger partial charge on any atom is -0.481 e. The normalized spacial score (nSPS) is 13.6. The van der Waals surface area contributed by atoms with Gasteiger partial charge in [0.1, 0.15) is 0 Å². The fourth-order valence-corrected chi connectivity index (χ4v) is 3.22. The number of hydrogen-bond acceptors (Lipinski definition) is 3. The maximum absolute atomic E-state index is 10.9. The summed E-state index contributed by atoms with van der Waals surface area (Å²) >= 11 is 5.19. The van der Waals surface area contributed by atoms with Crippen molar-refractivity contribution >= 4 is 33.2 Å². The van der Waals surface area contributed by atoms with Crippen molar-refractivity contribution in [2.24, 2.45) is 5.92 Å². The zero-order valence-corrected chi connectivity index (χ0v) is 13.4. The number of hydrogen-bond donors (Lipinski definition) is 2. The SMILES string of the molecule is CCC(CNCC(C)(C)c1ccc(Br)s1)C(=O)O. The molecule has 0 radical (unpaired) electrons. The van der Waals surface area contributed by atoms with Gasteiger partial charge in [-0.1, -0.05) is 20.8 Å². The number of rotatable bonds is 7. The Kier molecular flexibility index (Phi) is 5.82. The summed E-state index contributed by atoms with van der Waals surface area (Å²) in [5.74, 6) is -1.02. The van der Waals surface area contributed by atoms with Crippen LogP contribution in [0, 0.1) is 5.92 Å². The molecule has 1 aromatic rings. The van der Waals surface area contributed by atoms with E-state index in [4.69, 9.17) is 5.11 Å². The molecule has 0 aliphatic rings. The summed E-state index contributed by atoms with van der Waals surface area (Å²) in [4.78, 5) is 12.2. The van der Waals surface area contributed by atoms with Gasteiger partial charge >= 0.3 is 5.97 Å². The maximum Gasteiger partial charge on any atom is 0.307 e. The van der Waals surface area contributed by atoms with Crippen molar-refractivity contribution < 1.29 is 9.90 Å². The van der Waals surface area contributed by atoms with Gasteiger partial charge in [-0.3, -0.25) is 4.79 Å². The van der Waals surface area contributed by atoms with E-state index in [0.717, 1.165) is 10.3 Å². The van der Waals surface area contributed by atoms with Crippen molar-refractivity contribution in [2.45, 2.75) is 32.6 Å². The third-order valence-corrected chi connectivity index (χ3v) is 5.03. The molecule has 1 rings (SSSR count). The molecule has 0 saturated carbocycles. The van der Waals surface area contributed by atoms with E-state index in [1.807, 2.05) is 13.0 Å². The minimum atomic E-state index is -0.721. The molecule has 1 aromatic heterocycles. The van der Waals surface area contributed by atoms with Crippen LogP contribution in [0.15, 0.2) is 15.9 Å². The van der Waals surface area contributed by atoms with Crippen LogP contribution >= 0.6 is 27.3 Å². The number of nitrogens with one attached hydrogen (secondary N) is 1. The molecule has 3 nitrogen and oxygen atoms in total. The van der Waals surface area contributed by atoms with E-state index in [1.165, 1.54) is 4.88 Å². The van der Waals surface area contributed by atoms with Crippen LogP contribution in [0.1, 0.15) is 32.1 Å². The summed E-state index contributed by atoms with van der Waals surface area (Å²) in [5.41, 5.74) is 0.0213. The standard InChI is InChI=1S/C13H20BrNO2S/c1-4-9(12(16)17)7-15-8-13(2,3)10-5-6-11(14)18-10/h5-6,9,15H,4,7-8H2,1-3H3,(H,16,17). The molecule has 1 atom stereocenters. The molecule has 102 valence electrons. The average molecular weight is 334 g/mol. The van der Waals surface area contributed by atoms with E-state index in [9.17, 15) is 4.79 Å². The molecule has 0 spiro atoms. The average Bonchev–Trinajstić information content (AvgIpc) is 2.71. The van der Waals surface area contributed by atoms with Gasteiger partial charge in [0.2, 0.25) is 0 Å². The lowest BCUT2D eigenvalue weighted by molar-refractivity contribution is -0.141. The van der Waals surface area contributed by atoms with Gasteiger partial charge in [-0.2, -0.15) is 0 Å². The molecule has 2 N–H and O–H groups in total. The minimum absolute atomic E-state index is 0.0213.